The number of hydrogen-bond donors (Lipinski definition) is 2. The molecule has 1 aliphatic carbocycles. The summed E-state index contributed by atoms with van der Waals surface area (Å²) in [6, 6.07) is 14.4. The molecule has 2 aromatic carbocycles. The molecule has 2 aromatic heterocycles. The Morgan fingerprint density at radius 3 is 2.78 bits per heavy atom. The van der Waals surface area contributed by atoms with Crippen LogP contribution in [0, 0.1) is 5.92 Å². The number of benzene rings is 2. The van der Waals surface area contributed by atoms with Gasteiger partial charge in [-0.2, -0.15) is 4.98 Å². The summed E-state index contributed by atoms with van der Waals surface area (Å²) in [7, 11) is 0. The molecule has 1 fully saturated rings. The lowest BCUT2D eigenvalue weighted by Gasteiger charge is -2.12. The Labute approximate surface area is 156 Å². The van der Waals surface area contributed by atoms with Gasteiger partial charge in [-0.25, -0.2) is 9.97 Å². The lowest BCUT2D eigenvalue weighted by Crippen LogP contribution is -2.14. The van der Waals surface area contributed by atoms with Gasteiger partial charge in [0.1, 0.15) is 23.8 Å². The average molecular weight is 360 g/mol. The number of aromatic nitrogens is 4. The lowest BCUT2D eigenvalue weighted by molar-refractivity contribution is 0.129. The molecule has 5 rings (SSSR count). The SMILES string of the molecule is C[C@H]1C[C@@H](Oc2ncnc3nc(-c4cccc5ccccc45)[nH]c23)C[C@H]1O. The van der Waals surface area contributed by atoms with Crippen LogP contribution in [-0.2, 0) is 0 Å². The van der Waals surface area contributed by atoms with Gasteiger partial charge >= 0.3 is 0 Å². The molecule has 6 nitrogen and oxygen atoms in total. The third kappa shape index (κ3) is 2.82. The molecule has 0 amide bonds. The van der Waals surface area contributed by atoms with Gasteiger partial charge in [0.05, 0.1) is 6.10 Å². The van der Waals surface area contributed by atoms with Crippen molar-refractivity contribution in [3.63, 3.8) is 0 Å². The van der Waals surface area contributed by atoms with E-state index in [1.807, 2.05) is 31.2 Å². The molecule has 0 aliphatic heterocycles. The van der Waals surface area contributed by atoms with Crippen LogP contribution in [0.5, 0.6) is 5.88 Å². The summed E-state index contributed by atoms with van der Waals surface area (Å²) in [6.45, 7) is 2.04. The van der Waals surface area contributed by atoms with Crippen LogP contribution in [0.25, 0.3) is 33.3 Å². The van der Waals surface area contributed by atoms with Crippen LogP contribution in [0.2, 0.25) is 0 Å². The zero-order chi connectivity index (χ0) is 18.4. The second-order valence-electron chi connectivity index (χ2n) is 7.25. The molecule has 3 atom stereocenters. The second kappa shape index (κ2) is 6.32. The molecule has 0 spiro atoms. The van der Waals surface area contributed by atoms with Gasteiger partial charge in [0, 0.05) is 12.0 Å². The molecule has 2 heterocycles. The number of imidazole rings is 1. The summed E-state index contributed by atoms with van der Waals surface area (Å²) in [6.07, 6.45) is 2.55. The first kappa shape index (κ1) is 16.2. The van der Waals surface area contributed by atoms with Crippen molar-refractivity contribution in [2.75, 3.05) is 0 Å². The first-order valence-corrected chi connectivity index (χ1v) is 9.22. The smallest absolute Gasteiger partial charge is 0.243 e. The normalized spacial score (nSPS) is 22.5. The van der Waals surface area contributed by atoms with Crippen LogP contribution < -0.4 is 4.74 Å². The Balaban J connectivity index is 1.56. The Hall–Kier alpha value is -2.99. The standard InChI is InChI=1S/C21H20N4O2/c1-12-9-14(10-17(12)26)27-21-18-20(22-11-23-21)25-19(24-18)16-8-4-6-13-5-2-3-7-15(13)16/h2-8,11-12,14,17,26H,9-10H2,1H3,(H,22,23,24,25)/t12-,14+,17+/m0/s1. The zero-order valence-electron chi connectivity index (χ0n) is 15.0. The monoisotopic (exact) mass is 360 g/mol. The fraction of sp³-hybridized carbons (Fsp3) is 0.286. The number of H-pyrrole nitrogens is 1. The Morgan fingerprint density at radius 2 is 1.93 bits per heavy atom. The van der Waals surface area contributed by atoms with E-state index in [2.05, 4.69) is 38.1 Å². The van der Waals surface area contributed by atoms with Crippen LogP contribution in [0.4, 0.5) is 0 Å². The average Bonchev–Trinajstić information content (AvgIpc) is 3.25. The molecule has 2 N–H and O–H groups in total. The third-order valence-electron chi connectivity index (χ3n) is 5.37. The van der Waals surface area contributed by atoms with E-state index in [0.717, 1.165) is 28.6 Å². The van der Waals surface area contributed by atoms with Crippen LogP contribution in [-0.4, -0.2) is 37.3 Å². The number of nitrogens with one attached hydrogen (secondary N) is 1. The summed E-state index contributed by atoms with van der Waals surface area (Å²) in [5, 5.41) is 12.3. The van der Waals surface area contributed by atoms with Crippen molar-refractivity contribution in [3.8, 4) is 17.3 Å². The molecule has 1 saturated carbocycles. The molecule has 136 valence electrons. The summed E-state index contributed by atoms with van der Waals surface area (Å²) in [5.41, 5.74) is 2.28. The highest BCUT2D eigenvalue weighted by molar-refractivity contribution is 5.96. The van der Waals surface area contributed by atoms with Gasteiger partial charge in [-0.3, -0.25) is 0 Å². The predicted molar refractivity (Wildman–Crippen MR) is 103 cm³/mol. The molecule has 0 radical (unpaired) electrons. The molecule has 4 aromatic rings. The van der Waals surface area contributed by atoms with Gasteiger partial charge in [-0.1, -0.05) is 49.4 Å². The zero-order valence-corrected chi connectivity index (χ0v) is 15.0. The number of fused-ring (bicyclic) bond motifs is 2. The Morgan fingerprint density at radius 1 is 1.07 bits per heavy atom. The van der Waals surface area contributed by atoms with Crippen molar-refractivity contribution in [1.82, 2.24) is 19.9 Å². The predicted octanol–water partition coefficient (Wildman–Crippen LogP) is 3.71. The van der Waals surface area contributed by atoms with E-state index in [1.165, 1.54) is 6.33 Å². The largest absolute Gasteiger partial charge is 0.473 e. The first-order chi connectivity index (χ1) is 13.2. The molecule has 0 unspecified atom stereocenters. The molecule has 1 aliphatic rings. The van der Waals surface area contributed by atoms with E-state index in [-0.39, 0.29) is 18.1 Å². The Bertz CT molecular complexity index is 1110. The minimum Gasteiger partial charge on any atom is -0.473 e. The summed E-state index contributed by atoms with van der Waals surface area (Å²) < 4.78 is 6.08. The van der Waals surface area contributed by atoms with E-state index in [4.69, 9.17) is 4.74 Å². The van der Waals surface area contributed by atoms with E-state index < -0.39 is 0 Å². The van der Waals surface area contributed by atoms with Crippen LogP contribution in [0.3, 0.4) is 0 Å². The second-order valence-corrected chi connectivity index (χ2v) is 7.25. The molecule has 6 heteroatoms. The van der Waals surface area contributed by atoms with Crippen molar-refractivity contribution in [1.29, 1.82) is 0 Å². The fourth-order valence-electron chi connectivity index (χ4n) is 3.88. The van der Waals surface area contributed by atoms with E-state index in [9.17, 15) is 5.11 Å². The molecular weight excluding hydrogens is 340 g/mol. The summed E-state index contributed by atoms with van der Waals surface area (Å²) >= 11 is 0. The van der Waals surface area contributed by atoms with Crippen LogP contribution in [0.1, 0.15) is 19.8 Å². The maximum absolute atomic E-state index is 9.98. The van der Waals surface area contributed by atoms with Gasteiger partial charge < -0.3 is 14.8 Å². The number of aliphatic hydroxyl groups excluding tert-OH is 1. The molecule has 27 heavy (non-hydrogen) atoms. The Kier molecular flexibility index (Phi) is 3.79. The number of aliphatic hydroxyl groups is 1. The van der Waals surface area contributed by atoms with Crippen LogP contribution in [0.15, 0.2) is 48.8 Å². The van der Waals surface area contributed by atoms with Gasteiger partial charge in [-0.15, -0.1) is 0 Å². The number of nitrogens with zero attached hydrogens (tertiary/aromatic N) is 3. The summed E-state index contributed by atoms with van der Waals surface area (Å²) in [4.78, 5) is 16.6. The minimum atomic E-state index is -0.319. The highest BCUT2D eigenvalue weighted by Gasteiger charge is 2.32. The molecular formula is C21H20N4O2. The number of rotatable bonds is 3. The van der Waals surface area contributed by atoms with Crippen molar-refractivity contribution in [2.45, 2.75) is 32.0 Å². The maximum Gasteiger partial charge on any atom is 0.243 e. The fourth-order valence-corrected chi connectivity index (χ4v) is 3.88. The highest BCUT2D eigenvalue weighted by atomic mass is 16.5. The lowest BCUT2D eigenvalue weighted by atomic mass is 10.0. The van der Waals surface area contributed by atoms with Crippen molar-refractivity contribution < 1.29 is 9.84 Å². The quantitative estimate of drug-likeness (QED) is 0.582. The molecule has 0 bridgehead atoms. The van der Waals surface area contributed by atoms with Gasteiger partial charge in [0.15, 0.2) is 5.65 Å². The van der Waals surface area contributed by atoms with Gasteiger partial charge in [0.2, 0.25) is 5.88 Å². The number of hydrogen-bond acceptors (Lipinski definition) is 5. The van der Waals surface area contributed by atoms with Crippen molar-refractivity contribution in [3.05, 3.63) is 48.8 Å². The number of ether oxygens (including phenoxy) is 1. The van der Waals surface area contributed by atoms with Gasteiger partial charge in [-0.05, 0) is 23.1 Å². The van der Waals surface area contributed by atoms with E-state index >= 15 is 0 Å². The highest BCUT2D eigenvalue weighted by Crippen LogP contribution is 2.32. The van der Waals surface area contributed by atoms with Crippen LogP contribution >= 0.6 is 0 Å². The van der Waals surface area contributed by atoms with Crippen molar-refractivity contribution in [2.24, 2.45) is 5.92 Å². The third-order valence-corrected chi connectivity index (χ3v) is 5.37. The number of aromatic amines is 1. The van der Waals surface area contributed by atoms with Crippen molar-refractivity contribution >= 4 is 21.9 Å². The van der Waals surface area contributed by atoms with E-state index in [1.54, 1.807) is 0 Å². The maximum atomic E-state index is 9.98. The van der Waals surface area contributed by atoms with Gasteiger partial charge in [0.25, 0.3) is 0 Å². The summed E-state index contributed by atoms with van der Waals surface area (Å²) in [5.74, 6) is 1.47. The minimum absolute atomic E-state index is 0.0441. The molecule has 0 saturated heterocycles. The van der Waals surface area contributed by atoms with E-state index in [0.29, 0.717) is 23.5 Å². The topological polar surface area (TPSA) is 83.9 Å². The first-order valence-electron chi connectivity index (χ1n) is 9.22.